The molecule has 7 heteroatoms. The lowest BCUT2D eigenvalue weighted by molar-refractivity contribution is -0.211. The highest BCUT2D eigenvalue weighted by molar-refractivity contribution is 5.85. The Kier molecular flexibility index (Phi) is 9.21. The lowest BCUT2D eigenvalue weighted by Gasteiger charge is -2.63. The smallest absolute Gasteiger partial charge is 0.0809 e. The second kappa shape index (κ2) is 10.3. The number of aliphatic hydroxyl groups excluding tert-OH is 1. The number of nitrogens with zero attached hydrogens (tertiary/aromatic N) is 1. The summed E-state index contributed by atoms with van der Waals surface area (Å²) in [7, 11) is 4.12. The molecule has 5 nitrogen and oxygen atoms in total. The zero-order valence-corrected chi connectivity index (χ0v) is 21.6. The van der Waals surface area contributed by atoms with Crippen molar-refractivity contribution in [1.82, 2.24) is 10.4 Å². The van der Waals surface area contributed by atoms with Crippen molar-refractivity contribution in [2.24, 2.45) is 34.5 Å². The highest BCUT2D eigenvalue weighted by Crippen LogP contribution is 2.68. The fourth-order valence-corrected chi connectivity index (χ4v) is 8.10. The van der Waals surface area contributed by atoms with Crippen molar-refractivity contribution in [2.45, 2.75) is 83.3 Å². The van der Waals surface area contributed by atoms with Crippen LogP contribution in [0.4, 0.5) is 0 Å². The summed E-state index contributed by atoms with van der Waals surface area (Å²) in [4.78, 5) is 7.80. The summed E-state index contributed by atoms with van der Waals surface area (Å²) in [5, 5.41) is 22.4. The number of likely N-dealkylation sites (N-methyl/N-ethyl adjacent to an activating group) is 1. The minimum Gasteiger partial charge on any atom is -0.393 e. The van der Waals surface area contributed by atoms with Gasteiger partial charge in [-0.1, -0.05) is 13.8 Å². The van der Waals surface area contributed by atoms with Crippen LogP contribution in [-0.4, -0.2) is 60.6 Å². The molecule has 0 aliphatic heterocycles. The summed E-state index contributed by atoms with van der Waals surface area (Å²) in [6.45, 7) is 7.30. The second-order valence-corrected chi connectivity index (χ2v) is 11.5. The summed E-state index contributed by atoms with van der Waals surface area (Å²) in [5.41, 5.74) is 2.99. The molecule has 0 aromatic heterocycles. The number of aliphatic hydroxyl groups is 2. The molecule has 184 valence electrons. The number of fused-ring (bicyclic) bond motifs is 5. The van der Waals surface area contributed by atoms with Gasteiger partial charge in [-0.25, -0.2) is 5.48 Å². The van der Waals surface area contributed by atoms with E-state index in [4.69, 9.17) is 4.84 Å². The zero-order chi connectivity index (χ0) is 20.9. The molecule has 0 bridgehead atoms. The predicted octanol–water partition coefficient (Wildman–Crippen LogP) is 4.05. The van der Waals surface area contributed by atoms with Gasteiger partial charge in [-0.3, -0.25) is 0 Å². The second-order valence-electron chi connectivity index (χ2n) is 11.5. The Bertz CT molecular complexity index is 597. The van der Waals surface area contributed by atoms with Gasteiger partial charge in [0.15, 0.2) is 0 Å². The van der Waals surface area contributed by atoms with Gasteiger partial charge in [0.05, 0.1) is 18.3 Å². The van der Waals surface area contributed by atoms with Crippen LogP contribution in [0.25, 0.3) is 0 Å². The van der Waals surface area contributed by atoms with E-state index in [1.54, 1.807) is 0 Å². The molecule has 0 amide bonds. The molecule has 3 N–H and O–H groups in total. The molecule has 0 aromatic carbocycles. The number of rotatable bonds is 6. The Labute approximate surface area is 201 Å². The maximum Gasteiger partial charge on any atom is 0.0809 e. The third-order valence-electron chi connectivity index (χ3n) is 10.1. The lowest BCUT2D eigenvalue weighted by Crippen LogP contribution is -2.62. The molecule has 0 radical (unpaired) electrons. The number of hydrogen-bond acceptors (Lipinski definition) is 5. The summed E-state index contributed by atoms with van der Waals surface area (Å²) in [6.07, 6.45) is 9.69. The number of hydroxylamine groups is 1. The third kappa shape index (κ3) is 4.67. The van der Waals surface area contributed by atoms with E-state index in [2.05, 4.69) is 38.3 Å². The van der Waals surface area contributed by atoms with Gasteiger partial charge in [-0.2, -0.15) is 0 Å². The molecule has 0 spiro atoms. The van der Waals surface area contributed by atoms with Gasteiger partial charge in [0, 0.05) is 18.5 Å². The van der Waals surface area contributed by atoms with Crippen LogP contribution >= 0.6 is 24.8 Å². The first-order valence-corrected chi connectivity index (χ1v) is 12.1. The average molecular weight is 482 g/mol. The maximum absolute atomic E-state index is 12.1. The number of halogens is 2. The maximum atomic E-state index is 12.1. The molecular formula is C24H46Cl2N2O3. The van der Waals surface area contributed by atoms with Gasteiger partial charge < -0.3 is 20.0 Å². The third-order valence-corrected chi connectivity index (χ3v) is 10.1. The van der Waals surface area contributed by atoms with Crippen LogP contribution < -0.4 is 5.48 Å². The molecule has 8 atom stereocenters. The summed E-state index contributed by atoms with van der Waals surface area (Å²) >= 11 is 0. The van der Waals surface area contributed by atoms with E-state index in [-0.39, 0.29) is 36.3 Å². The fourth-order valence-electron chi connectivity index (χ4n) is 8.10. The minimum absolute atomic E-state index is 0. The van der Waals surface area contributed by atoms with Gasteiger partial charge >= 0.3 is 0 Å². The molecule has 0 unspecified atom stereocenters. The van der Waals surface area contributed by atoms with Crippen molar-refractivity contribution in [1.29, 1.82) is 0 Å². The van der Waals surface area contributed by atoms with E-state index >= 15 is 0 Å². The van der Waals surface area contributed by atoms with Gasteiger partial charge in [0.2, 0.25) is 0 Å². The summed E-state index contributed by atoms with van der Waals surface area (Å²) in [6, 6.07) is 0. The Morgan fingerprint density at radius 2 is 1.71 bits per heavy atom. The SMILES string of the molecule is CN(C)CCONC[C@H]1CC[C@]2(O)[C@@H]3CC[C@@H]4C[C@@H](O)CC[C@]4(C)[C@H]3CC[C@]12C.Cl.Cl. The van der Waals surface area contributed by atoms with Crippen molar-refractivity contribution in [2.75, 3.05) is 33.8 Å². The molecule has 0 aromatic rings. The van der Waals surface area contributed by atoms with Crippen molar-refractivity contribution >= 4 is 24.8 Å². The molecular weight excluding hydrogens is 435 g/mol. The van der Waals surface area contributed by atoms with E-state index in [9.17, 15) is 10.2 Å². The molecule has 4 fully saturated rings. The van der Waals surface area contributed by atoms with Gasteiger partial charge in [0.1, 0.15) is 0 Å². The van der Waals surface area contributed by atoms with Crippen molar-refractivity contribution in [3.05, 3.63) is 0 Å². The van der Waals surface area contributed by atoms with E-state index in [1.807, 2.05) is 0 Å². The van der Waals surface area contributed by atoms with Crippen LogP contribution in [0, 0.1) is 34.5 Å². The monoisotopic (exact) mass is 480 g/mol. The normalized spacial score (nSPS) is 46.4. The van der Waals surface area contributed by atoms with Crippen molar-refractivity contribution < 1.29 is 15.1 Å². The van der Waals surface area contributed by atoms with E-state index in [1.165, 1.54) is 12.8 Å². The lowest BCUT2D eigenvalue weighted by atomic mass is 9.43. The van der Waals surface area contributed by atoms with Gasteiger partial charge in [0.25, 0.3) is 0 Å². The van der Waals surface area contributed by atoms with E-state index < -0.39 is 5.60 Å². The highest BCUT2D eigenvalue weighted by atomic mass is 35.5. The standard InChI is InChI=1S/C24H44N2O3.2ClH/c1-22-10-8-19(27)15-17(22)5-6-21-20(22)9-11-23(2)18(7-12-24(21,23)28)16-25-29-14-13-26(3)4;;/h17-21,25,27-28H,5-16H2,1-4H3;2*1H/t17-,18-,19+,20+,21-,22+,23-,24+;;/m1../s1. The van der Waals surface area contributed by atoms with Crippen LogP contribution in [0.3, 0.4) is 0 Å². The molecule has 0 heterocycles. The molecule has 4 aliphatic carbocycles. The fraction of sp³-hybridized carbons (Fsp3) is 1.00. The molecule has 0 saturated heterocycles. The Morgan fingerprint density at radius 1 is 0.968 bits per heavy atom. The van der Waals surface area contributed by atoms with Gasteiger partial charge in [-0.15, -0.1) is 24.8 Å². The van der Waals surface area contributed by atoms with Gasteiger partial charge in [-0.05, 0) is 101 Å². The summed E-state index contributed by atoms with van der Waals surface area (Å²) in [5.74, 6) is 2.17. The summed E-state index contributed by atoms with van der Waals surface area (Å²) < 4.78 is 0. The molecule has 4 aliphatic rings. The van der Waals surface area contributed by atoms with Crippen LogP contribution in [-0.2, 0) is 4.84 Å². The molecule has 4 saturated carbocycles. The topological polar surface area (TPSA) is 65.0 Å². The predicted molar refractivity (Wildman–Crippen MR) is 130 cm³/mol. The first-order chi connectivity index (χ1) is 13.7. The van der Waals surface area contributed by atoms with Crippen molar-refractivity contribution in [3.63, 3.8) is 0 Å². The first-order valence-electron chi connectivity index (χ1n) is 12.1. The molecule has 31 heavy (non-hydrogen) atoms. The Hall–Kier alpha value is 0.380. The highest BCUT2D eigenvalue weighted by Gasteiger charge is 2.66. The van der Waals surface area contributed by atoms with Crippen molar-refractivity contribution in [3.8, 4) is 0 Å². The van der Waals surface area contributed by atoms with Crippen LogP contribution in [0.1, 0.15) is 71.6 Å². The Balaban J connectivity index is 0.00000171. The largest absolute Gasteiger partial charge is 0.393 e. The minimum atomic E-state index is -0.532. The van der Waals surface area contributed by atoms with Crippen LogP contribution in [0.2, 0.25) is 0 Å². The average Bonchev–Trinajstić information content (AvgIpc) is 2.93. The Morgan fingerprint density at radius 3 is 2.42 bits per heavy atom. The van der Waals surface area contributed by atoms with Crippen LogP contribution in [0.15, 0.2) is 0 Å². The quantitative estimate of drug-likeness (QED) is 0.395. The molecule has 4 rings (SSSR count). The van der Waals surface area contributed by atoms with Crippen LogP contribution in [0.5, 0.6) is 0 Å². The zero-order valence-electron chi connectivity index (χ0n) is 19.9. The number of hydrogen-bond donors (Lipinski definition) is 3. The van der Waals surface area contributed by atoms with E-state index in [0.29, 0.717) is 35.7 Å². The van der Waals surface area contributed by atoms with E-state index in [0.717, 1.165) is 58.0 Å². The first kappa shape index (κ1) is 27.6. The number of nitrogens with one attached hydrogen (secondary N) is 1.